The number of amides is 1. The van der Waals surface area contributed by atoms with Gasteiger partial charge in [-0.1, -0.05) is 6.07 Å². The predicted molar refractivity (Wildman–Crippen MR) is 93.7 cm³/mol. The number of aromatic amines is 1. The van der Waals surface area contributed by atoms with Crippen LogP contribution in [0.4, 0.5) is 0 Å². The Hall–Kier alpha value is -2.52. The molecule has 1 aliphatic rings. The number of hydrogen-bond donors (Lipinski definition) is 1. The van der Waals surface area contributed by atoms with Crippen molar-refractivity contribution in [1.82, 2.24) is 29.4 Å². The molecule has 0 radical (unpaired) electrons. The molecule has 1 amide bonds. The van der Waals surface area contributed by atoms with Crippen LogP contribution in [-0.4, -0.2) is 61.5 Å². The van der Waals surface area contributed by atoms with Crippen molar-refractivity contribution in [2.45, 2.75) is 13.0 Å². The molecule has 1 fully saturated rings. The van der Waals surface area contributed by atoms with Crippen LogP contribution in [0.3, 0.4) is 0 Å². The highest BCUT2D eigenvalue weighted by atomic mass is 32.1. The van der Waals surface area contributed by atoms with E-state index in [-0.39, 0.29) is 17.2 Å². The molecule has 0 aromatic carbocycles. The van der Waals surface area contributed by atoms with Gasteiger partial charge >= 0.3 is 0 Å². The molecule has 130 valence electrons. The topological polar surface area (TPSA) is 86.6 Å². The van der Waals surface area contributed by atoms with Gasteiger partial charge in [-0.2, -0.15) is 4.52 Å². The Bertz CT molecular complexity index is 932. The zero-order valence-electron chi connectivity index (χ0n) is 13.6. The van der Waals surface area contributed by atoms with Crippen LogP contribution in [0.2, 0.25) is 0 Å². The number of H-pyrrole nitrogens is 1. The van der Waals surface area contributed by atoms with Crippen molar-refractivity contribution in [2.24, 2.45) is 0 Å². The lowest BCUT2D eigenvalue weighted by molar-refractivity contribution is 0.0758. The van der Waals surface area contributed by atoms with E-state index in [2.05, 4.69) is 37.5 Å². The van der Waals surface area contributed by atoms with Crippen LogP contribution in [-0.2, 0) is 6.54 Å². The number of hydrogen-bond acceptors (Lipinski definition) is 6. The minimum atomic E-state index is -0.410. The first-order chi connectivity index (χ1) is 12.2. The van der Waals surface area contributed by atoms with Crippen LogP contribution in [0, 0.1) is 0 Å². The SMILES string of the molecule is O=C(c1cnc2nc[nH]n2c1=O)N1CCCN(Cc2cccs2)CC1. The summed E-state index contributed by atoms with van der Waals surface area (Å²) in [5, 5.41) is 4.76. The van der Waals surface area contributed by atoms with Crippen LogP contribution in [0.25, 0.3) is 5.78 Å². The van der Waals surface area contributed by atoms with Crippen molar-refractivity contribution in [3.05, 3.63) is 50.8 Å². The summed E-state index contributed by atoms with van der Waals surface area (Å²) in [6, 6.07) is 4.18. The molecule has 0 atom stereocenters. The van der Waals surface area contributed by atoms with Crippen molar-refractivity contribution < 1.29 is 4.79 Å². The lowest BCUT2D eigenvalue weighted by Crippen LogP contribution is -2.38. The third kappa shape index (κ3) is 3.20. The van der Waals surface area contributed by atoms with Crippen molar-refractivity contribution in [3.8, 4) is 0 Å². The monoisotopic (exact) mass is 358 g/mol. The summed E-state index contributed by atoms with van der Waals surface area (Å²) in [6.07, 6.45) is 3.60. The summed E-state index contributed by atoms with van der Waals surface area (Å²) < 4.78 is 1.19. The van der Waals surface area contributed by atoms with Gasteiger partial charge in [0.05, 0.1) is 0 Å². The fourth-order valence-electron chi connectivity index (χ4n) is 3.07. The molecule has 4 heterocycles. The Kier molecular flexibility index (Phi) is 4.33. The molecular weight excluding hydrogens is 340 g/mol. The summed E-state index contributed by atoms with van der Waals surface area (Å²) in [6.45, 7) is 3.90. The predicted octanol–water partition coefficient (Wildman–Crippen LogP) is 0.827. The molecule has 3 aromatic heterocycles. The Morgan fingerprint density at radius 1 is 1.24 bits per heavy atom. The van der Waals surface area contributed by atoms with Gasteiger partial charge in [0.2, 0.25) is 0 Å². The highest BCUT2D eigenvalue weighted by Crippen LogP contribution is 2.14. The number of nitrogens with zero attached hydrogens (tertiary/aromatic N) is 5. The van der Waals surface area contributed by atoms with Gasteiger partial charge in [0.1, 0.15) is 11.9 Å². The lowest BCUT2D eigenvalue weighted by atomic mass is 10.2. The minimum absolute atomic E-state index is 0.0773. The molecule has 0 unspecified atom stereocenters. The Morgan fingerprint density at radius 3 is 3.00 bits per heavy atom. The van der Waals surface area contributed by atoms with Gasteiger partial charge in [-0.3, -0.25) is 19.6 Å². The standard InChI is InChI=1S/C16H18N6O2S/c23-14(13-9-17-16-18-11-19-22(16)15(13)24)21-5-2-4-20(6-7-21)10-12-3-1-8-25-12/h1,3,8-9,11H,2,4-7,10H2,(H,17,18,19). The van der Waals surface area contributed by atoms with Gasteiger partial charge in [0.25, 0.3) is 17.2 Å². The van der Waals surface area contributed by atoms with E-state index in [0.29, 0.717) is 13.1 Å². The van der Waals surface area contributed by atoms with E-state index in [1.54, 1.807) is 16.2 Å². The third-order valence-electron chi connectivity index (χ3n) is 4.38. The average Bonchev–Trinajstić information content (AvgIpc) is 3.24. The largest absolute Gasteiger partial charge is 0.337 e. The number of carbonyl (C=O) groups is 1. The molecule has 0 spiro atoms. The molecule has 8 nitrogen and oxygen atoms in total. The van der Waals surface area contributed by atoms with Gasteiger partial charge in [-0.25, -0.2) is 9.97 Å². The van der Waals surface area contributed by atoms with Crippen molar-refractivity contribution in [2.75, 3.05) is 26.2 Å². The average molecular weight is 358 g/mol. The Balaban J connectivity index is 1.48. The molecule has 3 aromatic rings. The summed E-state index contributed by atoms with van der Waals surface area (Å²) in [7, 11) is 0. The van der Waals surface area contributed by atoms with Crippen molar-refractivity contribution >= 4 is 23.0 Å². The van der Waals surface area contributed by atoms with E-state index >= 15 is 0 Å². The Morgan fingerprint density at radius 2 is 2.16 bits per heavy atom. The van der Waals surface area contributed by atoms with E-state index in [1.165, 1.54) is 21.9 Å². The molecule has 4 rings (SSSR count). The maximum atomic E-state index is 12.8. The molecular formula is C16H18N6O2S. The second-order valence-electron chi connectivity index (χ2n) is 6.00. The van der Waals surface area contributed by atoms with Crippen molar-refractivity contribution in [1.29, 1.82) is 0 Å². The van der Waals surface area contributed by atoms with Crippen LogP contribution in [0.1, 0.15) is 21.7 Å². The highest BCUT2D eigenvalue weighted by molar-refractivity contribution is 7.09. The van der Waals surface area contributed by atoms with Gasteiger partial charge in [0.15, 0.2) is 0 Å². The first-order valence-electron chi connectivity index (χ1n) is 8.17. The number of fused-ring (bicyclic) bond motifs is 1. The van der Waals surface area contributed by atoms with Gasteiger partial charge < -0.3 is 4.90 Å². The second kappa shape index (κ2) is 6.77. The van der Waals surface area contributed by atoms with Crippen LogP contribution < -0.4 is 5.56 Å². The molecule has 25 heavy (non-hydrogen) atoms. The molecule has 1 aliphatic heterocycles. The number of rotatable bonds is 3. The van der Waals surface area contributed by atoms with E-state index in [1.807, 2.05) is 0 Å². The van der Waals surface area contributed by atoms with Gasteiger partial charge in [-0.05, 0) is 17.9 Å². The first kappa shape index (κ1) is 16.0. The lowest BCUT2D eigenvalue weighted by Gasteiger charge is -2.21. The van der Waals surface area contributed by atoms with Gasteiger partial charge in [0, 0.05) is 43.8 Å². The molecule has 1 saturated heterocycles. The highest BCUT2D eigenvalue weighted by Gasteiger charge is 2.23. The minimum Gasteiger partial charge on any atom is -0.337 e. The third-order valence-corrected chi connectivity index (χ3v) is 5.24. The molecule has 9 heteroatoms. The van der Waals surface area contributed by atoms with Crippen molar-refractivity contribution in [3.63, 3.8) is 0 Å². The van der Waals surface area contributed by atoms with Gasteiger partial charge in [-0.15, -0.1) is 11.3 Å². The number of aromatic nitrogens is 4. The molecule has 0 bridgehead atoms. The fourth-order valence-corrected chi connectivity index (χ4v) is 3.82. The fraction of sp³-hybridized carbons (Fsp3) is 0.375. The number of thiophene rings is 1. The summed E-state index contributed by atoms with van der Waals surface area (Å²) in [4.78, 5) is 38.6. The normalized spacial score (nSPS) is 16.2. The quantitative estimate of drug-likeness (QED) is 0.749. The summed E-state index contributed by atoms with van der Waals surface area (Å²) >= 11 is 1.75. The summed E-state index contributed by atoms with van der Waals surface area (Å²) in [5.74, 6) is -0.000914. The van der Waals surface area contributed by atoms with E-state index in [4.69, 9.17) is 0 Å². The second-order valence-corrected chi connectivity index (χ2v) is 7.03. The Labute approximate surface area is 147 Å². The molecule has 0 aliphatic carbocycles. The van der Waals surface area contributed by atoms with E-state index < -0.39 is 5.56 Å². The smallest absolute Gasteiger partial charge is 0.286 e. The number of nitrogens with one attached hydrogen (secondary N) is 1. The number of carbonyl (C=O) groups excluding carboxylic acids is 1. The van der Waals surface area contributed by atoms with E-state index in [0.717, 1.165) is 26.1 Å². The first-order valence-corrected chi connectivity index (χ1v) is 9.05. The zero-order valence-corrected chi connectivity index (χ0v) is 14.4. The van der Waals surface area contributed by atoms with Crippen LogP contribution >= 0.6 is 11.3 Å². The van der Waals surface area contributed by atoms with Crippen LogP contribution in [0.5, 0.6) is 0 Å². The maximum absolute atomic E-state index is 12.8. The zero-order chi connectivity index (χ0) is 17.2. The van der Waals surface area contributed by atoms with Crippen LogP contribution in [0.15, 0.2) is 34.8 Å². The maximum Gasteiger partial charge on any atom is 0.286 e. The molecule has 0 saturated carbocycles. The summed E-state index contributed by atoms with van der Waals surface area (Å²) in [5.41, 5.74) is -0.333. The van der Waals surface area contributed by atoms with E-state index in [9.17, 15) is 9.59 Å². The molecule has 1 N–H and O–H groups in total.